The average Bonchev–Trinajstić information content (AvgIpc) is 2.65. The van der Waals surface area contributed by atoms with Crippen LogP contribution in [-0.2, 0) is 15.9 Å². The van der Waals surface area contributed by atoms with E-state index in [0.717, 1.165) is 23.3 Å². The Labute approximate surface area is 141 Å². The predicted molar refractivity (Wildman–Crippen MR) is 88.8 cm³/mol. The molecule has 0 radical (unpaired) electrons. The van der Waals surface area contributed by atoms with E-state index in [1.165, 1.54) is 12.7 Å². The number of rotatable bonds is 4. The molecule has 0 amide bonds. The van der Waals surface area contributed by atoms with Gasteiger partial charge in [0, 0.05) is 0 Å². The SMILES string of the molecule is COC(=O)c1ccc([C@@H]2OCCc3cc(OC)c(OC)cc32)cc1. The van der Waals surface area contributed by atoms with Crippen molar-refractivity contribution >= 4 is 5.97 Å². The molecule has 1 aliphatic heterocycles. The summed E-state index contributed by atoms with van der Waals surface area (Å²) in [5.74, 6) is 1.05. The van der Waals surface area contributed by atoms with Gasteiger partial charge in [0.1, 0.15) is 6.10 Å². The zero-order valence-corrected chi connectivity index (χ0v) is 14.0. The Balaban J connectivity index is 1.98. The summed E-state index contributed by atoms with van der Waals surface area (Å²) < 4.78 is 21.5. The van der Waals surface area contributed by atoms with Crippen LogP contribution in [0.4, 0.5) is 0 Å². The van der Waals surface area contributed by atoms with E-state index in [-0.39, 0.29) is 12.1 Å². The Morgan fingerprint density at radius 2 is 1.71 bits per heavy atom. The van der Waals surface area contributed by atoms with Gasteiger partial charge < -0.3 is 18.9 Å². The van der Waals surface area contributed by atoms with Gasteiger partial charge in [-0.2, -0.15) is 0 Å². The molecule has 1 heterocycles. The number of carbonyl (C=O) groups excluding carboxylic acids is 1. The van der Waals surface area contributed by atoms with Crippen LogP contribution in [0.2, 0.25) is 0 Å². The quantitative estimate of drug-likeness (QED) is 0.807. The monoisotopic (exact) mass is 328 g/mol. The van der Waals surface area contributed by atoms with Crippen molar-refractivity contribution < 1.29 is 23.7 Å². The van der Waals surface area contributed by atoms with E-state index in [0.29, 0.717) is 17.9 Å². The Hall–Kier alpha value is -2.53. The van der Waals surface area contributed by atoms with Gasteiger partial charge in [-0.1, -0.05) is 12.1 Å². The topological polar surface area (TPSA) is 54.0 Å². The van der Waals surface area contributed by atoms with Crippen LogP contribution in [0.1, 0.15) is 33.2 Å². The molecule has 3 rings (SSSR count). The lowest BCUT2D eigenvalue weighted by molar-refractivity contribution is 0.0599. The van der Waals surface area contributed by atoms with Crippen molar-refractivity contribution in [2.45, 2.75) is 12.5 Å². The van der Waals surface area contributed by atoms with Crippen LogP contribution in [0.3, 0.4) is 0 Å². The first-order valence-corrected chi connectivity index (χ1v) is 7.72. The van der Waals surface area contributed by atoms with Gasteiger partial charge in [-0.15, -0.1) is 0 Å². The first-order chi connectivity index (χ1) is 11.7. The van der Waals surface area contributed by atoms with Gasteiger partial charge in [-0.05, 0) is 47.4 Å². The van der Waals surface area contributed by atoms with E-state index in [1.807, 2.05) is 24.3 Å². The highest BCUT2D eigenvalue weighted by Gasteiger charge is 2.25. The van der Waals surface area contributed by atoms with Gasteiger partial charge in [-0.3, -0.25) is 0 Å². The van der Waals surface area contributed by atoms with Gasteiger partial charge in [0.25, 0.3) is 0 Å². The lowest BCUT2D eigenvalue weighted by Crippen LogP contribution is -2.18. The molecule has 1 aliphatic rings. The van der Waals surface area contributed by atoms with E-state index in [2.05, 4.69) is 0 Å². The van der Waals surface area contributed by atoms with Crippen LogP contribution in [0.25, 0.3) is 0 Å². The van der Waals surface area contributed by atoms with E-state index in [9.17, 15) is 4.79 Å². The summed E-state index contributed by atoms with van der Waals surface area (Å²) in [6, 6.07) is 11.3. The third-order valence-corrected chi connectivity index (χ3v) is 4.22. The van der Waals surface area contributed by atoms with Crippen molar-refractivity contribution in [2.75, 3.05) is 27.9 Å². The van der Waals surface area contributed by atoms with Crippen molar-refractivity contribution in [1.82, 2.24) is 0 Å². The number of benzene rings is 2. The Morgan fingerprint density at radius 3 is 2.33 bits per heavy atom. The summed E-state index contributed by atoms with van der Waals surface area (Å²) in [4.78, 5) is 11.6. The van der Waals surface area contributed by atoms with Gasteiger partial charge in [0.15, 0.2) is 11.5 Å². The summed E-state index contributed by atoms with van der Waals surface area (Å²) in [7, 11) is 4.62. The maximum Gasteiger partial charge on any atom is 0.337 e. The zero-order chi connectivity index (χ0) is 17.1. The standard InChI is InChI=1S/C19H20O5/c1-21-16-10-14-8-9-24-18(15(14)11-17(16)22-2)12-4-6-13(7-5-12)19(20)23-3/h4-7,10-11,18H,8-9H2,1-3H3/t18-/m0/s1. The van der Waals surface area contributed by atoms with Crippen LogP contribution in [-0.4, -0.2) is 33.9 Å². The molecule has 2 aromatic carbocycles. The highest BCUT2D eigenvalue weighted by molar-refractivity contribution is 5.89. The lowest BCUT2D eigenvalue weighted by atomic mass is 9.92. The third kappa shape index (κ3) is 2.95. The molecule has 0 saturated carbocycles. The maximum atomic E-state index is 11.6. The smallest absolute Gasteiger partial charge is 0.337 e. The first kappa shape index (κ1) is 16.3. The van der Waals surface area contributed by atoms with Crippen molar-refractivity contribution in [2.24, 2.45) is 0 Å². The van der Waals surface area contributed by atoms with Crippen LogP contribution < -0.4 is 9.47 Å². The second kappa shape index (κ2) is 6.93. The number of hydrogen-bond donors (Lipinski definition) is 0. The highest BCUT2D eigenvalue weighted by Crippen LogP contribution is 2.39. The summed E-state index contributed by atoms with van der Waals surface area (Å²) in [5, 5.41) is 0. The van der Waals surface area contributed by atoms with Crippen molar-refractivity contribution in [3.05, 3.63) is 58.7 Å². The van der Waals surface area contributed by atoms with Gasteiger partial charge in [0.2, 0.25) is 0 Å². The van der Waals surface area contributed by atoms with E-state index < -0.39 is 0 Å². The number of esters is 1. The number of hydrogen-bond acceptors (Lipinski definition) is 5. The van der Waals surface area contributed by atoms with Crippen molar-refractivity contribution in [1.29, 1.82) is 0 Å². The second-order valence-electron chi connectivity index (χ2n) is 5.52. The summed E-state index contributed by atoms with van der Waals surface area (Å²) in [6.07, 6.45) is 0.632. The van der Waals surface area contributed by atoms with Crippen LogP contribution in [0.15, 0.2) is 36.4 Å². The largest absolute Gasteiger partial charge is 0.493 e. The molecule has 5 heteroatoms. The third-order valence-electron chi connectivity index (χ3n) is 4.22. The zero-order valence-electron chi connectivity index (χ0n) is 14.0. The Bertz CT molecular complexity index is 736. The molecule has 0 N–H and O–H groups in total. The molecule has 0 fully saturated rings. The number of methoxy groups -OCH3 is 3. The van der Waals surface area contributed by atoms with Gasteiger partial charge in [0.05, 0.1) is 33.5 Å². The Kier molecular flexibility index (Phi) is 4.71. The molecule has 5 nitrogen and oxygen atoms in total. The molecule has 24 heavy (non-hydrogen) atoms. The van der Waals surface area contributed by atoms with Crippen molar-refractivity contribution in [3.8, 4) is 11.5 Å². The molecule has 2 aromatic rings. The molecule has 0 spiro atoms. The minimum Gasteiger partial charge on any atom is -0.493 e. The second-order valence-corrected chi connectivity index (χ2v) is 5.52. The molecule has 0 aromatic heterocycles. The van der Waals surface area contributed by atoms with Gasteiger partial charge in [-0.25, -0.2) is 4.79 Å². The average molecular weight is 328 g/mol. The normalized spacial score (nSPS) is 16.2. The summed E-state index contributed by atoms with van der Waals surface area (Å²) in [5.41, 5.74) is 3.74. The number of carbonyl (C=O) groups is 1. The molecule has 0 saturated heterocycles. The number of ether oxygens (including phenoxy) is 4. The van der Waals surface area contributed by atoms with Crippen LogP contribution in [0.5, 0.6) is 11.5 Å². The minimum atomic E-state index is -0.349. The molecular formula is C19H20O5. The molecule has 0 unspecified atom stereocenters. The van der Waals surface area contributed by atoms with Crippen molar-refractivity contribution in [3.63, 3.8) is 0 Å². The first-order valence-electron chi connectivity index (χ1n) is 7.72. The fourth-order valence-corrected chi connectivity index (χ4v) is 2.96. The van der Waals surface area contributed by atoms with Crippen LogP contribution in [0, 0.1) is 0 Å². The van der Waals surface area contributed by atoms with E-state index >= 15 is 0 Å². The summed E-state index contributed by atoms with van der Waals surface area (Å²) in [6.45, 7) is 0.631. The number of fused-ring (bicyclic) bond motifs is 1. The molecule has 126 valence electrons. The Morgan fingerprint density at radius 1 is 1.04 bits per heavy atom. The van der Waals surface area contributed by atoms with E-state index in [1.54, 1.807) is 26.4 Å². The molecule has 0 bridgehead atoms. The molecule has 1 atom stereocenters. The fraction of sp³-hybridized carbons (Fsp3) is 0.316. The van der Waals surface area contributed by atoms with Crippen LogP contribution >= 0.6 is 0 Å². The van der Waals surface area contributed by atoms with E-state index in [4.69, 9.17) is 18.9 Å². The lowest BCUT2D eigenvalue weighted by Gasteiger charge is -2.27. The van der Waals surface area contributed by atoms with Gasteiger partial charge >= 0.3 is 5.97 Å². The maximum absolute atomic E-state index is 11.6. The highest BCUT2D eigenvalue weighted by atomic mass is 16.5. The fourth-order valence-electron chi connectivity index (χ4n) is 2.96. The predicted octanol–water partition coefficient (Wildman–Crippen LogP) is 3.15. The summed E-state index contributed by atoms with van der Waals surface area (Å²) >= 11 is 0. The molecular weight excluding hydrogens is 308 g/mol. The minimum absolute atomic E-state index is 0.194. The molecule has 0 aliphatic carbocycles.